The van der Waals surface area contributed by atoms with E-state index in [-0.39, 0.29) is 0 Å². The molecule has 3 aromatic rings. The normalized spacial score (nSPS) is 10.9. The van der Waals surface area contributed by atoms with Crippen molar-refractivity contribution in [2.24, 2.45) is 0 Å². The van der Waals surface area contributed by atoms with E-state index in [0.29, 0.717) is 5.02 Å². The summed E-state index contributed by atoms with van der Waals surface area (Å²) in [5, 5.41) is 4.88. The highest BCUT2D eigenvalue weighted by atomic mass is 35.5. The highest BCUT2D eigenvalue weighted by Gasteiger charge is 2.09. The lowest BCUT2D eigenvalue weighted by molar-refractivity contribution is 0.304. The molecule has 0 saturated heterocycles. The molecule has 0 radical (unpaired) electrons. The summed E-state index contributed by atoms with van der Waals surface area (Å²) in [7, 11) is 0. The first-order chi connectivity index (χ1) is 13.3. The Kier molecular flexibility index (Phi) is 7.35. The molecule has 0 bridgehead atoms. The van der Waals surface area contributed by atoms with Gasteiger partial charge in [-0.3, -0.25) is 0 Å². The van der Waals surface area contributed by atoms with Crippen molar-refractivity contribution in [2.75, 3.05) is 6.61 Å². The van der Waals surface area contributed by atoms with Crippen molar-refractivity contribution in [3.63, 3.8) is 0 Å². The minimum absolute atomic E-state index is 0.704. The third kappa shape index (κ3) is 5.86. The Bertz CT molecular complexity index is 809. The zero-order valence-electron chi connectivity index (χ0n) is 15.8. The van der Waals surface area contributed by atoms with Gasteiger partial charge in [0.15, 0.2) is 5.76 Å². The molecule has 27 heavy (non-hydrogen) atoms. The van der Waals surface area contributed by atoms with E-state index in [1.165, 1.54) is 32.1 Å². The third-order valence-corrected chi connectivity index (χ3v) is 4.81. The zero-order chi connectivity index (χ0) is 18.9. The summed E-state index contributed by atoms with van der Waals surface area (Å²) < 4.78 is 11.3. The number of unbranched alkanes of at least 4 members (excludes halogenated alkanes) is 5. The van der Waals surface area contributed by atoms with E-state index in [1.54, 1.807) is 0 Å². The van der Waals surface area contributed by atoms with Crippen LogP contribution >= 0.6 is 11.6 Å². The van der Waals surface area contributed by atoms with Gasteiger partial charge in [0, 0.05) is 22.2 Å². The predicted octanol–water partition coefficient (Wildman–Crippen LogP) is 7.40. The first kappa shape index (κ1) is 19.5. The molecular weight excluding hydrogens is 358 g/mol. The lowest BCUT2D eigenvalue weighted by atomic mass is 10.1. The van der Waals surface area contributed by atoms with Crippen molar-refractivity contribution in [3.8, 4) is 28.3 Å². The summed E-state index contributed by atoms with van der Waals surface area (Å²) in [5.74, 6) is 1.62. The molecule has 0 aliphatic heterocycles. The number of rotatable bonds is 10. The highest BCUT2D eigenvalue weighted by Crippen LogP contribution is 2.28. The summed E-state index contributed by atoms with van der Waals surface area (Å²) in [6.45, 7) is 3.01. The highest BCUT2D eigenvalue weighted by molar-refractivity contribution is 6.30. The molecule has 2 aromatic carbocycles. The molecule has 142 valence electrons. The van der Waals surface area contributed by atoms with Crippen LogP contribution in [0.25, 0.3) is 22.6 Å². The topological polar surface area (TPSA) is 35.3 Å². The molecule has 0 saturated carbocycles. The van der Waals surface area contributed by atoms with Crippen LogP contribution < -0.4 is 4.74 Å². The fourth-order valence-electron chi connectivity index (χ4n) is 2.96. The second-order valence-corrected chi connectivity index (χ2v) is 7.16. The molecule has 0 fully saturated rings. The summed E-state index contributed by atoms with van der Waals surface area (Å²) in [6, 6.07) is 17.5. The molecule has 0 spiro atoms. The summed E-state index contributed by atoms with van der Waals surface area (Å²) in [4.78, 5) is 0. The van der Waals surface area contributed by atoms with Crippen LogP contribution in [-0.4, -0.2) is 11.8 Å². The van der Waals surface area contributed by atoms with E-state index < -0.39 is 0 Å². The van der Waals surface area contributed by atoms with E-state index in [2.05, 4.69) is 12.1 Å². The number of ether oxygens (including phenoxy) is 1. The van der Waals surface area contributed by atoms with E-state index in [0.717, 1.165) is 41.4 Å². The van der Waals surface area contributed by atoms with Gasteiger partial charge in [-0.2, -0.15) is 0 Å². The van der Waals surface area contributed by atoms with Gasteiger partial charge in [0.1, 0.15) is 11.4 Å². The Balaban J connectivity index is 1.51. The van der Waals surface area contributed by atoms with Crippen molar-refractivity contribution < 1.29 is 9.26 Å². The van der Waals surface area contributed by atoms with Crippen LogP contribution in [0.1, 0.15) is 45.4 Å². The molecule has 1 heterocycles. The zero-order valence-corrected chi connectivity index (χ0v) is 16.5. The minimum Gasteiger partial charge on any atom is -0.494 e. The Morgan fingerprint density at radius 2 is 1.52 bits per heavy atom. The van der Waals surface area contributed by atoms with E-state index in [1.807, 2.05) is 54.6 Å². The predicted molar refractivity (Wildman–Crippen MR) is 111 cm³/mol. The first-order valence-corrected chi connectivity index (χ1v) is 10.1. The number of aromatic nitrogens is 1. The molecule has 3 nitrogen and oxygen atoms in total. The van der Waals surface area contributed by atoms with Gasteiger partial charge in [-0.05, 0) is 55.0 Å². The largest absolute Gasteiger partial charge is 0.494 e. The molecule has 0 N–H and O–H groups in total. The third-order valence-electron chi connectivity index (χ3n) is 4.56. The van der Waals surface area contributed by atoms with Gasteiger partial charge in [-0.1, -0.05) is 55.8 Å². The smallest absolute Gasteiger partial charge is 0.167 e. The van der Waals surface area contributed by atoms with E-state index in [9.17, 15) is 0 Å². The maximum Gasteiger partial charge on any atom is 0.167 e. The number of halogens is 1. The molecule has 0 unspecified atom stereocenters. The maximum atomic E-state index is 5.93. The van der Waals surface area contributed by atoms with Crippen molar-refractivity contribution >= 4 is 11.6 Å². The second kappa shape index (κ2) is 10.2. The van der Waals surface area contributed by atoms with E-state index >= 15 is 0 Å². The minimum atomic E-state index is 0.704. The Hall–Kier alpha value is -2.26. The van der Waals surface area contributed by atoms with Gasteiger partial charge >= 0.3 is 0 Å². The van der Waals surface area contributed by atoms with Crippen molar-refractivity contribution in [1.29, 1.82) is 0 Å². The van der Waals surface area contributed by atoms with Gasteiger partial charge in [0.05, 0.1) is 6.61 Å². The molecule has 0 atom stereocenters. The molecule has 0 amide bonds. The van der Waals surface area contributed by atoms with Crippen LogP contribution in [0, 0.1) is 0 Å². The molecule has 4 heteroatoms. The fraction of sp³-hybridized carbons (Fsp3) is 0.348. The molecule has 0 aliphatic carbocycles. The summed E-state index contributed by atoms with van der Waals surface area (Å²) in [6.07, 6.45) is 7.61. The van der Waals surface area contributed by atoms with E-state index in [4.69, 9.17) is 20.9 Å². The van der Waals surface area contributed by atoms with Crippen LogP contribution in [0.2, 0.25) is 5.02 Å². The van der Waals surface area contributed by atoms with Crippen LogP contribution in [-0.2, 0) is 0 Å². The molecule has 1 aromatic heterocycles. The van der Waals surface area contributed by atoms with Crippen molar-refractivity contribution in [2.45, 2.75) is 45.4 Å². The average Bonchev–Trinajstić information content (AvgIpc) is 3.18. The molecule has 0 aliphatic rings. The summed E-state index contributed by atoms with van der Waals surface area (Å²) in [5.41, 5.74) is 2.77. The van der Waals surface area contributed by atoms with Crippen LogP contribution in [0.4, 0.5) is 0 Å². The van der Waals surface area contributed by atoms with Gasteiger partial charge in [-0.15, -0.1) is 0 Å². The lowest BCUT2D eigenvalue weighted by Gasteiger charge is -2.06. The van der Waals surface area contributed by atoms with Gasteiger partial charge in [0.25, 0.3) is 0 Å². The number of nitrogens with zero attached hydrogens (tertiary/aromatic N) is 1. The van der Waals surface area contributed by atoms with Gasteiger partial charge in [0.2, 0.25) is 0 Å². The first-order valence-electron chi connectivity index (χ1n) is 9.72. The Labute approximate surface area is 166 Å². The SMILES string of the molecule is CCCCCCCCOc1ccc(-c2cc(-c3ccc(Cl)cc3)on2)cc1. The quantitative estimate of drug-likeness (QED) is 0.342. The van der Waals surface area contributed by atoms with Crippen molar-refractivity contribution in [3.05, 3.63) is 59.6 Å². The second-order valence-electron chi connectivity index (χ2n) is 6.72. The Morgan fingerprint density at radius 1 is 0.852 bits per heavy atom. The van der Waals surface area contributed by atoms with Gasteiger partial charge in [-0.25, -0.2) is 0 Å². The van der Waals surface area contributed by atoms with Crippen molar-refractivity contribution in [1.82, 2.24) is 5.16 Å². The van der Waals surface area contributed by atoms with Crippen LogP contribution in [0.3, 0.4) is 0 Å². The monoisotopic (exact) mass is 383 g/mol. The number of hydrogen-bond donors (Lipinski definition) is 0. The fourth-order valence-corrected chi connectivity index (χ4v) is 3.08. The van der Waals surface area contributed by atoms with Gasteiger partial charge < -0.3 is 9.26 Å². The Morgan fingerprint density at radius 3 is 2.26 bits per heavy atom. The lowest BCUT2D eigenvalue weighted by Crippen LogP contribution is -1.97. The number of benzene rings is 2. The molecule has 3 rings (SSSR count). The standard InChI is InChI=1S/C23H26ClNO2/c1-2-3-4-5-6-7-16-26-21-14-10-18(11-15-21)22-17-23(27-25-22)19-8-12-20(24)13-9-19/h8-15,17H,2-7,16H2,1H3. The number of hydrogen-bond acceptors (Lipinski definition) is 3. The average molecular weight is 384 g/mol. The maximum absolute atomic E-state index is 5.93. The molecular formula is C23H26ClNO2. The van der Waals surface area contributed by atoms with Crippen LogP contribution in [0.5, 0.6) is 5.75 Å². The summed E-state index contributed by atoms with van der Waals surface area (Å²) >= 11 is 5.93. The van der Waals surface area contributed by atoms with Crippen LogP contribution in [0.15, 0.2) is 59.1 Å².